The Balaban J connectivity index is 1.71. The molecule has 0 saturated heterocycles. The molecule has 2 heterocycles. The number of nitrogens with zero attached hydrogens (tertiary/aromatic N) is 2. The zero-order chi connectivity index (χ0) is 22.9. The van der Waals surface area contributed by atoms with Crippen LogP contribution in [0.25, 0.3) is 33.2 Å². The number of methoxy groups -OCH3 is 1. The van der Waals surface area contributed by atoms with E-state index in [1.165, 1.54) is 0 Å². The predicted molar refractivity (Wildman–Crippen MR) is 132 cm³/mol. The van der Waals surface area contributed by atoms with Crippen molar-refractivity contribution in [2.45, 2.75) is 13.5 Å². The van der Waals surface area contributed by atoms with Crippen molar-refractivity contribution in [3.05, 3.63) is 78.0 Å². The van der Waals surface area contributed by atoms with Crippen molar-refractivity contribution in [2.24, 2.45) is 0 Å². The summed E-state index contributed by atoms with van der Waals surface area (Å²) in [6.07, 6.45) is 0. The van der Waals surface area contributed by atoms with Gasteiger partial charge in [0.2, 0.25) is 0 Å². The molecule has 5 rings (SSSR count). The monoisotopic (exact) mass is 438 g/mol. The van der Waals surface area contributed by atoms with Gasteiger partial charge in [-0.25, -0.2) is 9.97 Å². The van der Waals surface area contributed by atoms with Gasteiger partial charge in [0.15, 0.2) is 5.82 Å². The Morgan fingerprint density at radius 2 is 1.70 bits per heavy atom. The molecule has 0 saturated carbocycles. The number of para-hydroxylation sites is 2. The number of nitrogens with one attached hydrogen (secondary N) is 2. The van der Waals surface area contributed by atoms with E-state index in [2.05, 4.69) is 22.4 Å². The molecule has 0 atom stereocenters. The summed E-state index contributed by atoms with van der Waals surface area (Å²) in [5, 5.41) is 24.7. The first-order valence-corrected chi connectivity index (χ1v) is 10.7. The lowest BCUT2D eigenvalue weighted by atomic mass is 9.79. The molecule has 2 aromatic heterocycles. The van der Waals surface area contributed by atoms with E-state index in [4.69, 9.17) is 14.7 Å². The van der Waals surface area contributed by atoms with Crippen molar-refractivity contribution in [2.75, 3.05) is 12.4 Å². The zero-order valence-corrected chi connectivity index (χ0v) is 18.3. The minimum Gasteiger partial charge on any atom is -0.494 e. The SMILES string of the molecule is COc1cccc2c(NCc3ccccc3)nc(-c3c(C)[nH]c4c(B(O)O)cccc34)nc12. The van der Waals surface area contributed by atoms with Gasteiger partial charge in [-0.05, 0) is 24.6 Å². The van der Waals surface area contributed by atoms with Gasteiger partial charge in [0.25, 0.3) is 0 Å². The maximum absolute atomic E-state index is 9.80. The van der Waals surface area contributed by atoms with Crippen molar-refractivity contribution >= 4 is 40.2 Å². The summed E-state index contributed by atoms with van der Waals surface area (Å²) in [5.74, 6) is 1.88. The molecule has 33 heavy (non-hydrogen) atoms. The maximum atomic E-state index is 9.80. The molecule has 0 amide bonds. The number of hydrogen-bond acceptors (Lipinski definition) is 6. The summed E-state index contributed by atoms with van der Waals surface area (Å²) in [5.41, 5.74) is 4.54. The highest BCUT2D eigenvalue weighted by Crippen LogP contribution is 2.35. The van der Waals surface area contributed by atoms with Crippen molar-refractivity contribution in [3.8, 4) is 17.1 Å². The maximum Gasteiger partial charge on any atom is 0.490 e. The lowest BCUT2D eigenvalue weighted by Crippen LogP contribution is -2.30. The summed E-state index contributed by atoms with van der Waals surface area (Å²) in [7, 11) is 0.0414. The Bertz CT molecular complexity index is 1450. The van der Waals surface area contributed by atoms with Crippen LogP contribution < -0.4 is 15.5 Å². The number of benzene rings is 3. The van der Waals surface area contributed by atoms with Crippen LogP contribution in [0.5, 0.6) is 5.75 Å². The molecular weight excluding hydrogens is 415 g/mol. The van der Waals surface area contributed by atoms with Crippen LogP contribution in [0.2, 0.25) is 0 Å². The molecule has 8 heteroatoms. The Kier molecular flexibility index (Phi) is 5.46. The van der Waals surface area contributed by atoms with Gasteiger partial charge in [0.05, 0.1) is 7.11 Å². The standard InChI is InChI=1S/C25H23BN4O3/c1-15-21(17-10-6-12-19(26(31)32)22(17)28-15)25-29-23-18(11-7-13-20(23)33-2)24(30-25)27-14-16-8-4-3-5-9-16/h3-13,28,31-32H,14H2,1-2H3,(H,27,29,30). The van der Waals surface area contributed by atoms with Crippen molar-refractivity contribution in [3.63, 3.8) is 0 Å². The predicted octanol–water partition coefficient (Wildman–Crippen LogP) is 3.39. The average molecular weight is 438 g/mol. The van der Waals surface area contributed by atoms with Crippen molar-refractivity contribution < 1.29 is 14.8 Å². The molecule has 7 nitrogen and oxygen atoms in total. The third-order valence-corrected chi connectivity index (χ3v) is 5.77. The summed E-state index contributed by atoms with van der Waals surface area (Å²) in [6.45, 7) is 2.53. The molecule has 0 aliphatic heterocycles. The molecule has 164 valence electrons. The molecule has 0 radical (unpaired) electrons. The molecule has 5 aromatic rings. The highest BCUT2D eigenvalue weighted by atomic mass is 16.5. The lowest BCUT2D eigenvalue weighted by Gasteiger charge is -2.13. The minimum absolute atomic E-state index is 0.405. The van der Waals surface area contributed by atoms with Crippen LogP contribution in [0, 0.1) is 6.92 Å². The second-order valence-corrected chi connectivity index (χ2v) is 7.86. The number of anilines is 1. The molecule has 0 unspecified atom stereocenters. The van der Waals surface area contributed by atoms with Gasteiger partial charge < -0.3 is 25.1 Å². The number of aromatic amines is 1. The van der Waals surface area contributed by atoms with Crippen molar-refractivity contribution in [1.82, 2.24) is 15.0 Å². The average Bonchev–Trinajstić information content (AvgIpc) is 3.18. The Morgan fingerprint density at radius 3 is 2.45 bits per heavy atom. The van der Waals surface area contributed by atoms with Crippen LogP contribution in [0.3, 0.4) is 0 Å². The molecule has 0 spiro atoms. The fraction of sp³-hybridized carbons (Fsp3) is 0.120. The molecular formula is C25H23BN4O3. The number of rotatable bonds is 6. The number of fused-ring (bicyclic) bond motifs is 2. The summed E-state index contributed by atoms with van der Waals surface area (Å²) < 4.78 is 5.59. The highest BCUT2D eigenvalue weighted by molar-refractivity contribution is 6.61. The first-order chi connectivity index (χ1) is 16.1. The van der Waals surface area contributed by atoms with Crippen LogP contribution in [0.15, 0.2) is 66.7 Å². The molecule has 0 aliphatic carbocycles. The summed E-state index contributed by atoms with van der Waals surface area (Å²) in [6, 6.07) is 21.3. The Labute approximate surface area is 191 Å². The number of hydrogen-bond donors (Lipinski definition) is 4. The van der Waals surface area contributed by atoms with E-state index in [-0.39, 0.29) is 0 Å². The van der Waals surface area contributed by atoms with Crippen LogP contribution in [0.4, 0.5) is 5.82 Å². The fourth-order valence-corrected chi connectivity index (χ4v) is 4.19. The zero-order valence-electron chi connectivity index (χ0n) is 18.3. The largest absolute Gasteiger partial charge is 0.494 e. The van der Waals surface area contributed by atoms with Gasteiger partial charge >= 0.3 is 7.12 Å². The molecule has 0 aliphatic rings. The lowest BCUT2D eigenvalue weighted by molar-refractivity contribution is 0.419. The number of H-pyrrole nitrogens is 1. The Morgan fingerprint density at radius 1 is 0.939 bits per heavy atom. The summed E-state index contributed by atoms with van der Waals surface area (Å²) in [4.78, 5) is 13.0. The minimum atomic E-state index is -1.58. The van der Waals surface area contributed by atoms with E-state index in [1.54, 1.807) is 19.2 Å². The van der Waals surface area contributed by atoms with E-state index in [0.29, 0.717) is 40.4 Å². The van der Waals surface area contributed by atoms with Crippen LogP contribution in [-0.2, 0) is 6.54 Å². The number of aryl methyl sites for hydroxylation is 1. The molecule has 3 aromatic carbocycles. The quantitative estimate of drug-likeness (QED) is 0.303. The van der Waals surface area contributed by atoms with Gasteiger partial charge in [-0.2, -0.15) is 0 Å². The Hall–Kier alpha value is -3.88. The number of ether oxygens (including phenoxy) is 1. The smallest absolute Gasteiger partial charge is 0.490 e. The normalized spacial score (nSPS) is 11.2. The second kappa shape index (κ2) is 8.57. The molecule has 0 bridgehead atoms. The first-order valence-electron chi connectivity index (χ1n) is 10.7. The molecule has 4 N–H and O–H groups in total. The van der Waals surface area contributed by atoms with E-state index in [0.717, 1.165) is 27.6 Å². The summed E-state index contributed by atoms with van der Waals surface area (Å²) >= 11 is 0. The van der Waals surface area contributed by atoms with Gasteiger partial charge in [-0.15, -0.1) is 0 Å². The van der Waals surface area contributed by atoms with Gasteiger partial charge in [0.1, 0.15) is 17.1 Å². The van der Waals surface area contributed by atoms with Crippen LogP contribution in [-0.4, -0.2) is 39.2 Å². The molecule has 0 fully saturated rings. The first kappa shape index (κ1) is 21.0. The van der Waals surface area contributed by atoms with Gasteiger partial charge in [0, 0.05) is 39.6 Å². The van der Waals surface area contributed by atoms with Gasteiger partial charge in [-0.1, -0.05) is 54.6 Å². The van der Waals surface area contributed by atoms with Gasteiger partial charge in [-0.3, -0.25) is 0 Å². The topological polar surface area (TPSA) is 103 Å². The van der Waals surface area contributed by atoms with Crippen molar-refractivity contribution in [1.29, 1.82) is 0 Å². The highest BCUT2D eigenvalue weighted by Gasteiger charge is 2.22. The van der Waals surface area contributed by atoms with E-state index < -0.39 is 7.12 Å². The third-order valence-electron chi connectivity index (χ3n) is 5.77. The van der Waals surface area contributed by atoms with E-state index in [1.807, 2.05) is 49.4 Å². The van der Waals surface area contributed by atoms with E-state index >= 15 is 0 Å². The fourth-order valence-electron chi connectivity index (χ4n) is 4.19. The van der Waals surface area contributed by atoms with Crippen LogP contribution in [0.1, 0.15) is 11.3 Å². The van der Waals surface area contributed by atoms with E-state index in [9.17, 15) is 10.0 Å². The third kappa shape index (κ3) is 3.79. The van der Waals surface area contributed by atoms with Crippen LogP contribution >= 0.6 is 0 Å². The number of aromatic nitrogens is 3. The second-order valence-electron chi connectivity index (χ2n) is 7.86.